The summed E-state index contributed by atoms with van der Waals surface area (Å²) in [7, 11) is 0. The van der Waals surface area contributed by atoms with Crippen LogP contribution >= 0.6 is 0 Å². The summed E-state index contributed by atoms with van der Waals surface area (Å²) in [6.07, 6.45) is 2.70. The first kappa shape index (κ1) is 9.04. The molecule has 0 aliphatic carbocycles. The van der Waals surface area contributed by atoms with Crippen molar-refractivity contribution < 1.29 is 0 Å². The number of aromatic nitrogens is 1. The summed E-state index contributed by atoms with van der Waals surface area (Å²) in [5, 5.41) is 0. The van der Waals surface area contributed by atoms with Crippen molar-refractivity contribution in [2.75, 3.05) is 5.73 Å². The molecule has 1 rings (SSSR count). The normalized spacial score (nSPS) is 11.6. The predicted molar refractivity (Wildman–Crippen MR) is 51.8 cm³/mol. The summed E-state index contributed by atoms with van der Waals surface area (Å²) in [6, 6.07) is 3.96. The average Bonchev–Trinajstić information content (AvgIpc) is 1.91. The van der Waals surface area contributed by atoms with Crippen LogP contribution in [0.1, 0.15) is 26.3 Å². The second-order valence-corrected chi connectivity index (χ2v) is 4.29. The van der Waals surface area contributed by atoms with Gasteiger partial charge in [-0.2, -0.15) is 0 Å². The summed E-state index contributed by atoms with van der Waals surface area (Å²) in [5.74, 6) is 0.660. The second-order valence-electron chi connectivity index (χ2n) is 4.29. The number of hydrogen-bond acceptors (Lipinski definition) is 2. The fourth-order valence-corrected chi connectivity index (χ4v) is 1.17. The zero-order valence-electron chi connectivity index (χ0n) is 7.96. The van der Waals surface area contributed by atoms with Crippen molar-refractivity contribution in [2.45, 2.75) is 27.2 Å². The Morgan fingerprint density at radius 1 is 1.42 bits per heavy atom. The van der Waals surface area contributed by atoms with Crippen LogP contribution in [0.15, 0.2) is 18.3 Å². The summed E-state index contributed by atoms with van der Waals surface area (Å²) < 4.78 is 0. The largest absolute Gasteiger partial charge is 0.383 e. The van der Waals surface area contributed by atoms with Crippen molar-refractivity contribution in [1.82, 2.24) is 4.98 Å². The van der Waals surface area contributed by atoms with Gasteiger partial charge in [-0.3, -0.25) is 0 Å². The lowest BCUT2D eigenvalue weighted by molar-refractivity contribution is 0.411. The third kappa shape index (κ3) is 2.53. The van der Waals surface area contributed by atoms with Gasteiger partial charge in [0.2, 0.25) is 0 Å². The van der Waals surface area contributed by atoms with E-state index in [0.717, 1.165) is 12.0 Å². The highest BCUT2D eigenvalue weighted by Gasteiger charge is 2.12. The summed E-state index contributed by atoms with van der Waals surface area (Å²) in [6.45, 7) is 6.58. The molecule has 0 saturated heterocycles. The van der Waals surface area contributed by atoms with Crippen molar-refractivity contribution in [2.24, 2.45) is 5.41 Å². The van der Waals surface area contributed by atoms with E-state index in [9.17, 15) is 0 Å². The van der Waals surface area contributed by atoms with E-state index in [1.165, 1.54) is 0 Å². The Hall–Kier alpha value is -1.05. The maximum absolute atomic E-state index is 5.72. The van der Waals surface area contributed by atoms with Gasteiger partial charge in [-0.25, -0.2) is 4.98 Å². The van der Waals surface area contributed by atoms with Gasteiger partial charge in [0, 0.05) is 6.20 Å². The lowest BCUT2D eigenvalue weighted by atomic mass is 9.88. The molecule has 0 unspecified atom stereocenters. The Bertz CT molecular complexity index is 261. The molecule has 0 saturated carbocycles. The van der Waals surface area contributed by atoms with Crippen LogP contribution < -0.4 is 5.73 Å². The Morgan fingerprint density at radius 2 is 2.08 bits per heavy atom. The van der Waals surface area contributed by atoms with Gasteiger partial charge >= 0.3 is 0 Å². The topological polar surface area (TPSA) is 38.9 Å². The first-order valence-electron chi connectivity index (χ1n) is 4.18. The minimum Gasteiger partial charge on any atom is -0.383 e. The van der Waals surface area contributed by atoms with Crippen molar-refractivity contribution in [1.29, 1.82) is 0 Å². The van der Waals surface area contributed by atoms with Gasteiger partial charge < -0.3 is 5.73 Å². The third-order valence-electron chi connectivity index (χ3n) is 1.65. The van der Waals surface area contributed by atoms with Crippen LogP contribution in [-0.4, -0.2) is 4.98 Å². The molecule has 2 nitrogen and oxygen atoms in total. The Balaban J connectivity index is 2.83. The molecule has 1 aromatic heterocycles. The van der Waals surface area contributed by atoms with E-state index >= 15 is 0 Å². The molecule has 0 aliphatic heterocycles. The molecule has 0 fully saturated rings. The summed E-state index contributed by atoms with van der Waals surface area (Å²) in [4.78, 5) is 4.04. The van der Waals surface area contributed by atoms with E-state index in [-0.39, 0.29) is 5.41 Å². The lowest BCUT2D eigenvalue weighted by Crippen LogP contribution is -2.11. The quantitative estimate of drug-likeness (QED) is 0.691. The number of anilines is 1. The van der Waals surface area contributed by atoms with Crippen molar-refractivity contribution in [3.8, 4) is 0 Å². The van der Waals surface area contributed by atoms with Gasteiger partial charge in [0.1, 0.15) is 5.82 Å². The van der Waals surface area contributed by atoms with Gasteiger partial charge in [0.25, 0.3) is 0 Å². The standard InChI is InChI=1S/C10H16N2/c1-10(2,3)7-8-5-4-6-12-9(8)11/h4-6H,7H2,1-3H3,(H2,11,12). The van der Waals surface area contributed by atoms with Gasteiger partial charge in [-0.1, -0.05) is 26.8 Å². The molecule has 12 heavy (non-hydrogen) atoms. The molecule has 1 heterocycles. The van der Waals surface area contributed by atoms with Crippen LogP contribution in [0.3, 0.4) is 0 Å². The molecule has 0 spiro atoms. The highest BCUT2D eigenvalue weighted by molar-refractivity contribution is 5.38. The fraction of sp³-hybridized carbons (Fsp3) is 0.500. The fourth-order valence-electron chi connectivity index (χ4n) is 1.17. The maximum atomic E-state index is 5.72. The molecule has 0 aliphatic rings. The van der Waals surface area contributed by atoms with E-state index in [1.807, 2.05) is 12.1 Å². The number of nitrogens with two attached hydrogens (primary N) is 1. The van der Waals surface area contributed by atoms with Gasteiger partial charge in [0.05, 0.1) is 0 Å². The predicted octanol–water partition coefficient (Wildman–Crippen LogP) is 2.25. The highest BCUT2D eigenvalue weighted by atomic mass is 14.8. The Morgan fingerprint density at radius 3 is 2.58 bits per heavy atom. The van der Waals surface area contributed by atoms with Crippen molar-refractivity contribution in [3.05, 3.63) is 23.9 Å². The molecule has 0 aromatic carbocycles. The Labute approximate surface area is 73.8 Å². The number of pyridine rings is 1. The van der Waals surface area contributed by atoms with Crippen molar-refractivity contribution >= 4 is 5.82 Å². The van der Waals surface area contributed by atoms with Crippen LogP contribution in [0.5, 0.6) is 0 Å². The lowest BCUT2D eigenvalue weighted by Gasteiger charge is -2.18. The molecule has 66 valence electrons. The molecule has 0 radical (unpaired) electrons. The zero-order valence-corrected chi connectivity index (χ0v) is 7.96. The number of rotatable bonds is 1. The van der Waals surface area contributed by atoms with E-state index in [2.05, 4.69) is 25.8 Å². The van der Waals surface area contributed by atoms with Crippen LogP contribution in [0, 0.1) is 5.41 Å². The van der Waals surface area contributed by atoms with E-state index < -0.39 is 0 Å². The molecule has 0 atom stereocenters. The SMILES string of the molecule is CC(C)(C)Cc1cccnc1N. The van der Waals surface area contributed by atoms with E-state index in [4.69, 9.17) is 5.73 Å². The number of nitrogen functional groups attached to an aromatic ring is 1. The molecule has 0 bridgehead atoms. The zero-order chi connectivity index (χ0) is 9.19. The maximum Gasteiger partial charge on any atom is 0.126 e. The van der Waals surface area contributed by atoms with Gasteiger partial charge in [0.15, 0.2) is 0 Å². The molecular formula is C10H16N2. The second kappa shape index (κ2) is 3.13. The first-order chi connectivity index (χ1) is 5.49. The third-order valence-corrected chi connectivity index (χ3v) is 1.65. The number of hydrogen-bond donors (Lipinski definition) is 1. The smallest absolute Gasteiger partial charge is 0.126 e. The summed E-state index contributed by atoms with van der Waals surface area (Å²) >= 11 is 0. The molecule has 2 N–H and O–H groups in total. The Kier molecular flexibility index (Phi) is 2.36. The minimum atomic E-state index is 0.275. The van der Waals surface area contributed by atoms with E-state index in [0.29, 0.717) is 5.82 Å². The number of nitrogens with zero attached hydrogens (tertiary/aromatic N) is 1. The van der Waals surface area contributed by atoms with Gasteiger partial charge in [-0.15, -0.1) is 0 Å². The molecular weight excluding hydrogens is 148 g/mol. The first-order valence-corrected chi connectivity index (χ1v) is 4.18. The van der Waals surface area contributed by atoms with Crippen LogP contribution in [0.2, 0.25) is 0 Å². The molecule has 0 amide bonds. The molecule has 1 aromatic rings. The van der Waals surface area contributed by atoms with Crippen LogP contribution in [0.4, 0.5) is 5.82 Å². The monoisotopic (exact) mass is 164 g/mol. The average molecular weight is 164 g/mol. The minimum absolute atomic E-state index is 0.275. The van der Waals surface area contributed by atoms with Crippen molar-refractivity contribution in [3.63, 3.8) is 0 Å². The van der Waals surface area contributed by atoms with Crippen LogP contribution in [-0.2, 0) is 6.42 Å². The summed E-state index contributed by atoms with van der Waals surface area (Å²) in [5.41, 5.74) is 7.14. The highest BCUT2D eigenvalue weighted by Crippen LogP contribution is 2.22. The van der Waals surface area contributed by atoms with Gasteiger partial charge in [-0.05, 0) is 23.5 Å². The van der Waals surface area contributed by atoms with E-state index in [1.54, 1.807) is 6.20 Å². The van der Waals surface area contributed by atoms with Crippen LogP contribution in [0.25, 0.3) is 0 Å². The molecule has 2 heteroatoms.